The first kappa shape index (κ1) is 13.7. The van der Waals surface area contributed by atoms with Gasteiger partial charge in [0.1, 0.15) is 5.75 Å². The van der Waals surface area contributed by atoms with Crippen molar-refractivity contribution in [1.29, 1.82) is 0 Å². The standard InChI is InChI=1S/C13H16N2O3S/c1-8-7-11(15(16)17)9-5-4-6-10(9)12(8)18-13(19)14(2)3/h7H,4-6H2,1-3H3. The van der Waals surface area contributed by atoms with Crippen LogP contribution in [-0.4, -0.2) is 29.1 Å². The smallest absolute Gasteiger partial charge is 0.273 e. The van der Waals surface area contributed by atoms with E-state index in [0.717, 1.165) is 36.0 Å². The Labute approximate surface area is 117 Å². The monoisotopic (exact) mass is 280 g/mol. The maximum atomic E-state index is 11.1. The van der Waals surface area contributed by atoms with E-state index in [1.54, 1.807) is 11.0 Å². The lowest BCUT2D eigenvalue weighted by Crippen LogP contribution is -2.25. The normalized spacial score (nSPS) is 13.0. The third-order valence-electron chi connectivity index (χ3n) is 3.26. The molecule has 5 nitrogen and oxygen atoms in total. The van der Waals surface area contributed by atoms with Gasteiger partial charge in [0, 0.05) is 31.3 Å². The highest BCUT2D eigenvalue weighted by atomic mass is 32.1. The van der Waals surface area contributed by atoms with Crippen LogP contribution in [0.5, 0.6) is 5.75 Å². The lowest BCUT2D eigenvalue weighted by molar-refractivity contribution is -0.385. The molecule has 1 aromatic rings. The van der Waals surface area contributed by atoms with Gasteiger partial charge in [-0.3, -0.25) is 10.1 Å². The van der Waals surface area contributed by atoms with Crippen LogP contribution >= 0.6 is 12.2 Å². The topological polar surface area (TPSA) is 55.6 Å². The second-order valence-electron chi connectivity index (χ2n) is 4.87. The van der Waals surface area contributed by atoms with Gasteiger partial charge >= 0.3 is 0 Å². The third-order valence-corrected chi connectivity index (χ3v) is 3.71. The van der Waals surface area contributed by atoms with Crippen LogP contribution in [0.1, 0.15) is 23.1 Å². The molecule has 102 valence electrons. The molecule has 0 fully saturated rings. The molecule has 1 aliphatic rings. The van der Waals surface area contributed by atoms with Crippen molar-refractivity contribution >= 4 is 23.1 Å². The van der Waals surface area contributed by atoms with Gasteiger partial charge in [0.2, 0.25) is 0 Å². The van der Waals surface area contributed by atoms with Crippen LogP contribution < -0.4 is 4.74 Å². The molecule has 0 N–H and O–H groups in total. The summed E-state index contributed by atoms with van der Waals surface area (Å²) in [5.74, 6) is 0.691. The molecule has 0 radical (unpaired) electrons. The number of hydrogen-bond donors (Lipinski definition) is 0. The van der Waals surface area contributed by atoms with Crippen molar-refractivity contribution in [1.82, 2.24) is 4.90 Å². The fourth-order valence-electron chi connectivity index (χ4n) is 2.36. The zero-order chi connectivity index (χ0) is 14.2. The number of fused-ring (bicyclic) bond motifs is 1. The van der Waals surface area contributed by atoms with E-state index in [1.807, 2.05) is 21.0 Å². The molecule has 0 heterocycles. The van der Waals surface area contributed by atoms with Crippen molar-refractivity contribution in [3.63, 3.8) is 0 Å². The number of nitrogens with zero attached hydrogens (tertiary/aromatic N) is 2. The highest BCUT2D eigenvalue weighted by Crippen LogP contribution is 2.39. The summed E-state index contributed by atoms with van der Waals surface area (Å²) in [4.78, 5) is 12.5. The molecule has 1 aliphatic carbocycles. The van der Waals surface area contributed by atoms with Crippen molar-refractivity contribution < 1.29 is 9.66 Å². The van der Waals surface area contributed by atoms with Crippen LogP contribution in [0.2, 0.25) is 0 Å². The maximum absolute atomic E-state index is 11.1. The zero-order valence-corrected chi connectivity index (χ0v) is 12.0. The van der Waals surface area contributed by atoms with Crippen molar-refractivity contribution in [3.8, 4) is 5.75 Å². The lowest BCUT2D eigenvalue weighted by atomic mass is 10.0. The Kier molecular flexibility index (Phi) is 3.71. The number of aryl methyl sites for hydroxylation is 1. The minimum absolute atomic E-state index is 0.202. The Morgan fingerprint density at radius 1 is 1.42 bits per heavy atom. The van der Waals surface area contributed by atoms with Crippen LogP contribution in [-0.2, 0) is 12.8 Å². The fourth-order valence-corrected chi connectivity index (χ4v) is 2.44. The predicted molar refractivity (Wildman–Crippen MR) is 76.8 cm³/mol. The van der Waals surface area contributed by atoms with Crippen LogP contribution in [0.3, 0.4) is 0 Å². The Morgan fingerprint density at radius 2 is 2.05 bits per heavy atom. The molecule has 0 aliphatic heterocycles. The summed E-state index contributed by atoms with van der Waals surface area (Å²) < 4.78 is 5.72. The van der Waals surface area contributed by atoms with E-state index in [4.69, 9.17) is 17.0 Å². The Morgan fingerprint density at radius 3 is 2.63 bits per heavy atom. The molecular formula is C13H16N2O3S. The van der Waals surface area contributed by atoms with E-state index in [9.17, 15) is 10.1 Å². The zero-order valence-electron chi connectivity index (χ0n) is 11.2. The Hall–Kier alpha value is -1.69. The third kappa shape index (κ3) is 2.53. The fraction of sp³-hybridized carbons (Fsp3) is 0.462. The molecule has 0 saturated carbocycles. The first-order valence-electron chi connectivity index (χ1n) is 6.10. The van der Waals surface area contributed by atoms with E-state index in [-0.39, 0.29) is 10.6 Å². The average Bonchev–Trinajstić information content (AvgIpc) is 2.80. The molecule has 0 aromatic heterocycles. The minimum atomic E-state index is -0.314. The van der Waals surface area contributed by atoms with Crippen LogP contribution in [0.25, 0.3) is 0 Å². The molecule has 19 heavy (non-hydrogen) atoms. The number of benzene rings is 1. The summed E-state index contributed by atoms with van der Waals surface area (Å²) in [5.41, 5.74) is 2.70. The van der Waals surface area contributed by atoms with Gasteiger partial charge in [0.15, 0.2) is 0 Å². The highest BCUT2D eigenvalue weighted by molar-refractivity contribution is 7.80. The second kappa shape index (κ2) is 5.13. The molecule has 0 spiro atoms. The quantitative estimate of drug-likeness (QED) is 0.473. The van der Waals surface area contributed by atoms with Gasteiger partial charge < -0.3 is 9.64 Å². The van der Waals surface area contributed by atoms with E-state index in [0.29, 0.717) is 10.9 Å². The summed E-state index contributed by atoms with van der Waals surface area (Å²) in [6.07, 6.45) is 2.46. The van der Waals surface area contributed by atoms with Crippen LogP contribution in [0.15, 0.2) is 6.07 Å². The predicted octanol–water partition coefficient (Wildman–Crippen LogP) is 2.62. The number of ether oxygens (including phenoxy) is 1. The number of rotatable bonds is 2. The largest absolute Gasteiger partial charge is 0.431 e. The average molecular weight is 280 g/mol. The molecule has 0 atom stereocenters. The van der Waals surface area contributed by atoms with E-state index in [2.05, 4.69) is 0 Å². The summed E-state index contributed by atoms with van der Waals surface area (Å²) in [6, 6.07) is 1.58. The lowest BCUT2D eigenvalue weighted by Gasteiger charge is -2.18. The molecule has 6 heteroatoms. The molecule has 1 aromatic carbocycles. The van der Waals surface area contributed by atoms with Crippen molar-refractivity contribution in [2.24, 2.45) is 0 Å². The molecule has 0 saturated heterocycles. The van der Waals surface area contributed by atoms with Crippen molar-refractivity contribution in [2.45, 2.75) is 26.2 Å². The minimum Gasteiger partial charge on any atom is -0.431 e. The SMILES string of the molecule is Cc1cc([N+](=O)[O-])c2c(c1OC(=S)N(C)C)CCC2. The molecule has 0 amide bonds. The van der Waals surface area contributed by atoms with Crippen molar-refractivity contribution in [2.75, 3.05) is 14.1 Å². The summed E-state index contributed by atoms with van der Waals surface area (Å²) in [6.45, 7) is 1.82. The first-order chi connectivity index (χ1) is 8.91. The van der Waals surface area contributed by atoms with E-state index >= 15 is 0 Å². The number of nitro groups is 1. The van der Waals surface area contributed by atoms with Gasteiger partial charge in [-0.05, 0) is 44.0 Å². The molecule has 0 bridgehead atoms. The van der Waals surface area contributed by atoms with Crippen LogP contribution in [0.4, 0.5) is 5.69 Å². The molecule has 2 rings (SSSR count). The summed E-state index contributed by atoms with van der Waals surface area (Å²) in [7, 11) is 3.62. The highest BCUT2D eigenvalue weighted by Gasteiger charge is 2.28. The van der Waals surface area contributed by atoms with Gasteiger partial charge in [-0.15, -0.1) is 0 Å². The Balaban J connectivity index is 2.49. The molecular weight excluding hydrogens is 264 g/mol. The number of hydrogen-bond acceptors (Lipinski definition) is 4. The first-order valence-corrected chi connectivity index (χ1v) is 6.51. The number of nitro benzene ring substituents is 1. The second-order valence-corrected chi connectivity index (χ2v) is 5.22. The summed E-state index contributed by atoms with van der Waals surface area (Å²) in [5, 5.41) is 11.5. The van der Waals surface area contributed by atoms with E-state index in [1.165, 1.54) is 0 Å². The van der Waals surface area contributed by atoms with Gasteiger partial charge in [0.25, 0.3) is 10.9 Å². The molecule has 0 unspecified atom stereocenters. The van der Waals surface area contributed by atoms with Gasteiger partial charge in [0.05, 0.1) is 4.92 Å². The Bertz CT molecular complexity index is 555. The summed E-state index contributed by atoms with van der Waals surface area (Å²) >= 11 is 5.15. The number of thiocarbonyl (C=S) groups is 1. The van der Waals surface area contributed by atoms with Gasteiger partial charge in [-0.2, -0.15) is 0 Å². The van der Waals surface area contributed by atoms with Gasteiger partial charge in [-0.1, -0.05) is 0 Å². The van der Waals surface area contributed by atoms with Crippen molar-refractivity contribution in [3.05, 3.63) is 32.9 Å². The maximum Gasteiger partial charge on any atom is 0.273 e. The van der Waals surface area contributed by atoms with Gasteiger partial charge in [-0.25, -0.2) is 0 Å². The van der Waals surface area contributed by atoms with E-state index < -0.39 is 0 Å². The van der Waals surface area contributed by atoms with Crippen LogP contribution in [0, 0.1) is 17.0 Å².